The Kier molecular flexibility index (Phi) is 10.7. The van der Waals surface area contributed by atoms with Gasteiger partial charge in [-0.05, 0) is 33.8 Å². The Morgan fingerprint density at radius 3 is 2.10 bits per heavy atom. The summed E-state index contributed by atoms with van der Waals surface area (Å²) in [5, 5.41) is 0. The lowest BCUT2D eigenvalue weighted by Gasteiger charge is -2.31. The first-order chi connectivity index (χ1) is 13.6. The zero-order valence-corrected chi connectivity index (χ0v) is 17.9. The molecule has 1 heterocycles. The summed E-state index contributed by atoms with van der Waals surface area (Å²) < 4.78 is 33.7. The normalized spacial score (nSPS) is 21.4. The van der Waals surface area contributed by atoms with Crippen molar-refractivity contribution in [3.63, 3.8) is 0 Å². The van der Waals surface area contributed by atoms with Crippen LogP contribution in [0.5, 0.6) is 0 Å². The highest BCUT2D eigenvalue weighted by molar-refractivity contribution is 5.95. The molecule has 0 amide bonds. The monoisotopic (exact) mass is 414 g/mol. The van der Waals surface area contributed by atoms with Gasteiger partial charge in [0.15, 0.2) is 5.78 Å². The first-order valence-electron chi connectivity index (χ1n) is 9.64. The molecule has 8 nitrogen and oxygen atoms in total. The van der Waals surface area contributed by atoms with Gasteiger partial charge in [-0.2, -0.15) is 0 Å². The molecule has 0 aromatic rings. The fourth-order valence-electron chi connectivity index (χ4n) is 2.31. The van der Waals surface area contributed by atoms with Gasteiger partial charge >= 0.3 is 5.97 Å². The fraction of sp³-hybridized carbons (Fsp3) is 0.714. The minimum absolute atomic E-state index is 0.0929. The van der Waals surface area contributed by atoms with Crippen molar-refractivity contribution in [2.24, 2.45) is 0 Å². The summed E-state index contributed by atoms with van der Waals surface area (Å²) >= 11 is 0. The largest absolute Gasteiger partial charge is 0.460 e. The highest BCUT2D eigenvalue weighted by atomic mass is 16.6. The van der Waals surface area contributed by atoms with Crippen LogP contribution in [0.15, 0.2) is 25.3 Å². The Hall–Kier alpha value is -1.58. The zero-order chi connectivity index (χ0) is 21.9. The van der Waals surface area contributed by atoms with Crippen LogP contribution in [0.4, 0.5) is 0 Å². The number of carbonyl (C=O) groups is 2. The van der Waals surface area contributed by atoms with Gasteiger partial charge in [-0.25, -0.2) is 4.79 Å². The van der Waals surface area contributed by atoms with E-state index in [0.717, 1.165) is 6.08 Å². The fourth-order valence-corrected chi connectivity index (χ4v) is 2.31. The van der Waals surface area contributed by atoms with E-state index in [-0.39, 0.29) is 37.8 Å². The van der Waals surface area contributed by atoms with Crippen LogP contribution < -0.4 is 0 Å². The molecule has 1 aliphatic heterocycles. The van der Waals surface area contributed by atoms with E-state index < -0.39 is 17.2 Å². The standard InChI is InChI=1S/C21H34O8/c1-7-18(22)21(5,6)29-15-20(3,4)28-14-17-12-24-11-16(25-9-10-26-17)13-27-19(23)8-2/h7-8,16-17H,1-2,9-15H2,3-6H3. The van der Waals surface area contributed by atoms with E-state index in [1.54, 1.807) is 13.8 Å². The van der Waals surface area contributed by atoms with E-state index in [0.29, 0.717) is 26.4 Å². The van der Waals surface area contributed by atoms with E-state index >= 15 is 0 Å². The van der Waals surface area contributed by atoms with Crippen molar-refractivity contribution in [1.29, 1.82) is 0 Å². The van der Waals surface area contributed by atoms with E-state index in [9.17, 15) is 9.59 Å². The van der Waals surface area contributed by atoms with Crippen LogP contribution in [0.25, 0.3) is 0 Å². The number of hydrogen-bond acceptors (Lipinski definition) is 8. The third-order valence-corrected chi connectivity index (χ3v) is 4.20. The predicted molar refractivity (Wildman–Crippen MR) is 107 cm³/mol. The molecule has 0 bridgehead atoms. The first kappa shape index (κ1) is 25.5. The molecule has 1 aliphatic rings. The Bertz CT molecular complexity index is 555. The molecule has 0 spiro atoms. The molecule has 0 radical (unpaired) electrons. The molecule has 2 unspecified atom stereocenters. The Morgan fingerprint density at radius 2 is 1.55 bits per heavy atom. The molecule has 1 fully saturated rings. The van der Waals surface area contributed by atoms with E-state index in [1.807, 2.05) is 13.8 Å². The maximum atomic E-state index is 11.8. The molecule has 1 rings (SSSR count). The van der Waals surface area contributed by atoms with Crippen molar-refractivity contribution in [2.45, 2.75) is 51.1 Å². The topological polar surface area (TPSA) is 89.5 Å². The molecule has 166 valence electrons. The molecule has 29 heavy (non-hydrogen) atoms. The summed E-state index contributed by atoms with van der Waals surface area (Å²) in [6.45, 7) is 15.9. The van der Waals surface area contributed by atoms with Crippen LogP contribution in [-0.4, -0.2) is 81.4 Å². The number of carbonyl (C=O) groups excluding carboxylic acids is 2. The van der Waals surface area contributed by atoms with Crippen LogP contribution >= 0.6 is 0 Å². The molecule has 0 aliphatic carbocycles. The highest BCUT2D eigenvalue weighted by Gasteiger charge is 2.30. The minimum atomic E-state index is -0.957. The number of ketones is 1. The highest BCUT2D eigenvalue weighted by Crippen LogP contribution is 2.18. The van der Waals surface area contributed by atoms with E-state index in [4.69, 9.17) is 28.4 Å². The quantitative estimate of drug-likeness (QED) is 0.374. The number of ether oxygens (including phenoxy) is 6. The lowest BCUT2D eigenvalue weighted by molar-refractivity contribution is -0.157. The maximum absolute atomic E-state index is 11.8. The van der Waals surface area contributed by atoms with Gasteiger partial charge in [0.2, 0.25) is 0 Å². The van der Waals surface area contributed by atoms with Crippen molar-refractivity contribution in [1.82, 2.24) is 0 Å². The van der Waals surface area contributed by atoms with E-state index in [1.165, 1.54) is 6.08 Å². The summed E-state index contributed by atoms with van der Waals surface area (Å²) in [4.78, 5) is 23.0. The van der Waals surface area contributed by atoms with Gasteiger partial charge in [0.1, 0.15) is 24.4 Å². The second kappa shape index (κ2) is 12.2. The van der Waals surface area contributed by atoms with Crippen LogP contribution in [0, 0.1) is 0 Å². The maximum Gasteiger partial charge on any atom is 0.330 e. The van der Waals surface area contributed by atoms with Gasteiger partial charge in [0, 0.05) is 6.08 Å². The van der Waals surface area contributed by atoms with Crippen LogP contribution in [0.1, 0.15) is 27.7 Å². The van der Waals surface area contributed by atoms with Gasteiger partial charge in [0.25, 0.3) is 0 Å². The number of hydrogen-bond donors (Lipinski definition) is 0. The van der Waals surface area contributed by atoms with Crippen molar-refractivity contribution in [3.05, 3.63) is 25.3 Å². The molecule has 0 saturated carbocycles. The number of rotatable bonds is 11. The molecule has 1 saturated heterocycles. The third-order valence-electron chi connectivity index (χ3n) is 4.20. The summed E-state index contributed by atoms with van der Waals surface area (Å²) in [5.41, 5.74) is -1.58. The molecule has 0 aromatic carbocycles. The number of esters is 1. The van der Waals surface area contributed by atoms with Crippen molar-refractivity contribution in [3.8, 4) is 0 Å². The third kappa shape index (κ3) is 10.1. The average Bonchev–Trinajstić information content (AvgIpc) is 2.80. The molecule has 0 N–H and O–H groups in total. The first-order valence-corrected chi connectivity index (χ1v) is 9.64. The molecule has 0 aromatic heterocycles. The summed E-state index contributed by atoms with van der Waals surface area (Å²) in [6, 6.07) is 0. The van der Waals surface area contributed by atoms with Gasteiger partial charge < -0.3 is 28.4 Å². The lowest BCUT2D eigenvalue weighted by atomic mass is 10.0. The predicted octanol–water partition coefficient (Wildman–Crippen LogP) is 1.86. The Morgan fingerprint density at radius 1 is 0.966 bits per heavy atom. The summed E-state index contributed by atoms with van der Waals surface area (Å²) in [6.07, 6.45) is 1.71. The molecular weight excluding hydrogens is 380 g/mol. The Balaban J connectivity index is 2.43. The minimum Gasteiger partial charge on any atom is -0.460 e. The van der Waals surface area contributed by atoms with Crippen molar-refractivity contribution < 1.29 is 38.0 Å². The SMILES string of the molecule is C=CC(=O)OCC1COCC(COC(C)(C)COC(C)(C)C(=O)C=C)OCCO1. The van der Waals surface area contributed by atoms with Crippen LogP contribution in [0.3, 0.4) is 0 Å². The van der Waals surface area contributed by atoms with Gasteiger partial charge in [-0.3, -0.25) is 4.79 Å². The van der Waals surface area contributed by atoms with Gasteiger partial charge in [-0.15, -0.1) is 0 Å². The molecular formula is C21H34O8. The second-order valence-corrected chi connectivity index (χ2v) is 7.80. The van der Waals surface area contributed by atoms with Crippen LogP contribution in [0.2, 0.25) is 0 Å². The average molecular weight is 414 g/mol. The lowest BCUT2D eigenvalue weighted by Crippen LogP contribution is -2.42. The van der Waals surface area contributed by atoms with Crippen molar-refractivity contribution in [2.75, 3.05) is 46.2 Å². The second-order valence-electron chi connectivity index (χ2n) is 7.80. The smallest absolute Gasteiger partial charge is 0.330 e. The van der Waals surface area contributed by atoms with Gasteiger partial charge in [0.05, 0.1) is 45.2 Å². The zero-order valence-electron chi connectivity index (χ0n) is 17.9. The summed E-state index contributed by atoms with van der Waals surface area (Å²) in [5.74, 6) is -0.687. The van der Waals surface area contributed by atoms with Crippen LogP contribution in [-0.2, 0) is 38.0 Å². The molecule has 8 heteroatoms. The van der Waals surface area contributed by atoms with Crippen molar-refractivity contribution >= 4 is 11.8 Å². The summed E-state index contributed by atoms with van der Waals surface area (Å²) in [7, 11) is 0. The Labute approximate surface area is 173 Å². The van der Waals surface area contributed by atoms with E-state index in [2.05, 4.69) is 13.2 Å². The van der Waals surface area contributed by atoms with Gasteiger partial charge in [-0.1, -0.05) is 13.2 Å². The molecule has 2 atom stereocenters.